The molecule has 1 aromatic carbocycles. The van der Waals surface area contributed by atoms with E-state index >= 15 is 0 Å². The van der Waals surface area contributed by atoms with Crippen molar-refractivity contribution in [2.45, 2.75) is 6.92 Å². The first-order chi connectivity index (χ1) is 5.77. The van der Waals surface area contributed by atoms with Crippen molar-refractivity contribution < 1.29 is 4.79 Å². The first-order valence-corrected chi connectivity index (χ1v) is 5.25. The van der Waals surface area contributed by atoms with E-state index in [0.29, 0.717) is 0 Å². The molecule has 0 fully saturated rings. The molecule has 0 amide bonds. The SMILES string of the molecule is CC(=O)c1ccc2[se]ncc2c1. The van der Waals surface area contributed by atoms with Crippen LogP contribution in [0.1, 0.15) is 17.3 Å². The minimum absolute atomic E-state index is 0.116. The van der Waals surface area contributed by atoms with E-state index in [4.69, 9.17) is 0 Å². The van der Waals surface area contributed by atoms with Crippen LogP contribution in [0, 0.1) is 0 Å². The molecule has 2 nitrogen and oxygen atoms in total. The quantitative estimate of drug-likeness (QED) is 0.542. The maximum atomic E-state index is 11.0. The molecule has 0 aliphatic rings. The van der Waals surface area contributed by atoms with Crippen LogP contribution in [0.25, 0.3) is 9.65 Å². The summed E-state index contributed by atoms with van der Waals surface area (Å²) < 4.78 is 5.45. The summed E-state index contributed by atoms with van der Waals surface area (Å²) in [5, 5.41) is 1.11. The van der Waals surface area contributed by atoms with E-state index in [1.807, 2.05) is 24.4 Å². The van der Waals surface area contributed by atoms with Crippen molar-refractivity contribution in [3.05, 3.63) is 30.0 Å². The van der Waals surface area contributed by atoms with Crippen LogP contribution in [0.5, 0.6) is 0 Å². The molecule has 0 bridgehead atoms. The van der Waals surface area contributed by atoms with Crippen LogP contribution in [-0.4, -0.2) is 24.5 Å². The van der Waals surface area contributed by atoms with E-state index in [1.54, 1.807) is 6.92 Å². The number of aromatic nitrogens is 1. The van der Waals surface area contributed by atoms with Crippen molar-refractivity contribution in [2.75, 3.05) is 0 Å². The van der Waals surface area contributed by atoms with Crippen LogP contribution in [0.4, 0.5) is 0 Å². The Labute approximate surface area is 76.2 Å². The number of carbonyl (C=O) groups is 1. The zero-order chi connectivity index (χ0) is 8.55. The molecule has 0 saturated heterocycles. The maximum absolute atomic E-state index is 11.0. The fourth-order valence-electron chi connectivity index (χ4n) is 1.09. The number of fused-ring (bicyclic) bond motifs is 1. The van der Waals surface area contributed by atoms with E-state index < -0.39 is 0 Å². The summed E-state index contributed by atoms with van der Waals surface area (Å²) in [5.41, 5.74) is 0.776. The number of Topliss-reactive ketones (excluding diaryl/α,β-unsaturated/α-hetero) is 1. The predicted octanol–water partition coefficient (Wildman–Crippen LogP) is 1.49. The Kier molecular flexibility index (Phi) is 1.83. The molecule has 2 aromatic rings. The number of hydrogen-bond acceptors (Lipinski definition) is 2. The number of carbonyl (C=O) groups excluding carboxylic acids is 1. The van der Waals surface area contributed by atoms with E-state index in [9.17, 15) is 4.79 Å². The van der Waals surface area contributed by atoms with Gasteiger partial charge in [0, 0.05) is 0 Å². The molecular weight excluding hydrogens is 217 g/mol. The van der Waals surface area contributed by atoms with E-state index in [-0.39, 0.29) is 20.5 Å². The number of ketones is 1. The second-order valence-electron chi connectivity index (χ2n) is 2.63. The molecule has 3 heteroatoms. The number of nitrogens with zero attached hydrogens (tertiary/aromatic N) is 1. The van der Waals surface area contributed by atoms with Crippen molar-refractivity contribution in [3.8, 4) is 0 Å². The molecule has 2 rings (SSSR count). The van der Waals surface area contributed by atoms with E-state index in [1.165, 1.54) is 4.26 Å². The average Bonchev–Trinajstić information content (AvgIpc) is 2.49. The fraction of sp³-hybridized carbons (Fsp3) is 0.111. The van der Waals surface area contributed by atoms with Gasteiger partial charge in [-0.25, -0.2) is 0 Å². The van der Waals surface area contributed by atoms with Crippen molar-refractivity contribution in [1.82, 2.24) is 3.98 Å². The Morgan fingerprint density at radius 2 is 2.33 bits per heavy atom. The second-order valence-corrected chi connectivity index (χ2v) is 4.38. The summed E-state index contributed by atoms with van der Waals surface area (Å²) in [6.45, 7) is 1.58. The molecule has 0 saturated carbocycles. The molecule has 0 aliphatic heterocycles. The van der Waals surface area contributed by atoms with Crippen molar-refractivity contribution in [3.63, 3.8) is 0 Å². The van der Waals surface area contributed by atoms with Crippen LogP contribution in [0.2, 0.25) is 0 Å². The Morgan fingerprint density at radius 3 is 3.08 bits per heavy atom. The zero-order valence-corrected chi connectivity index (χ0v) is 8.29. The molecule has 0 aliphatic carbocycles. The fourth-order valence-corrected chi connectivity index (χ4v) is 2.40. The Balaban J connectivity index is 2.68. The molecule has 60 valence electrons. The van der Waals surface area contributed by atoms with Gasteiger partial charge in [0.1, 0.15) is 0 Å². The number of rotatable bonds is 1. The van der Waals surface area contributed by atoms with Crippen LogP contribution in [-0.2, 0) is 0 Å². The number of hydrogen-bond donors (Lipinski definition) is 0. The number of benzene rings is 1. The van der Waals surface area contributed by atoms with Crippen molar-refractivity contribution in [1.29, 1.82) is 0 Å². The van der Waals surface area contributed by atoms with Gasteiger partial charge >= 0.3 is 75.8 Å². The minimum atomic E-state index is 0.116. The van der Waals surface area contributed by atoms with Gasteiger partial charge in [0.15, 0.2) is 0 Å². The van der Waals surface area contributed by atoms with Gasteiger partial charge in [0.2, 0.25) is 0 Å². The summed E-state index contributed by atoms with van der Waals surface area (Å²) in [7, 11) is 0. The van der Waals surface area contributed by atoms with Gasteiger partial charge in [-0.15, -0.1) is 0 Å². The standard InChI is InChI=1S/C9H7NOSe/c1-6(11)7-2-3-9-8(4-7)5-10-12-9/h2-5H,1H3. The molecule has 0 radical (unpaired) electrons. The van der Waals surface area contributed by atoms with Crippen LogP contribution in [0.15, 0.2) is 24.4 Å². The van der Waals surface area contributed by atoms with Gasteiger partial charge in [-0.05, 0) is 0 Å². The predicted molar refractivity (Wildman–Crippen MR) is 48.7 cm³/mol. The first kappa shape index (κ1) is 7.71. The summed E-state index contributed by atoms with van der Waals surface area (Å²) in [6.07, 6.45) is 1.85. The molecule has 1 aromatic heterocycles. The average molecular weight is 224 g/mol. The Morgan fingerprint density at radius 1 is 1.50 bits per heavy atom. The summed E-state index contributed by atoms with van der Waals surface area (Å²) >= 11 is 0.241. The topological polar surface area (TPSA) is 30.0 Å². The zero-order valence-electron chi connectivity index (χ0n) is 6.57. The van der Waals surface area contributed by atoms with E-state index in [0.717, 1.165) is 10.9 Å². The Hall–Kier alpha value is -0.921. The third-order valence-electron chi connectivity index (χ3n) is 1.76. The van der Waals surface area contributed by atoms with Gasteiger partial charge in [-0.1, -0.05) is 0 Å². The molecule has 0 N–H and O–H groups in total. The van der Waals surface area contributed by atoms with E-state index in [2.05, 4.69) is 3.98 Å². The summed E-state index contributed by atoms with van der Waals surface area (Å²) in [6, 6.07) is 5.78. The van der Waals surface area contributed by atoms with Gasteiger partial charge in [0.25, 0.3) is 0 Å². The normalized spacial score (nSPS) is 10.4. The molecule has 0 unspecified atom stereocenters. The summed E-state index contributed by atoms with van der Waals surface area (Å²) in [5.74, 6) is 0.116. The third kappa shape index (κ3) is 1.22. The molecule has 0 atom stereocenters. The van der Waals surface area contributed by atoms with Crippen LogP contribution in [0.3, 0.4) is 0 Å². The van der Waals surface area contributed by atoms with Gasteiger partial charge in [-0.2, -0.15) is 0 Å². The van der Waals surface area contributed by atoms with Gasteiger partial charge in [-0.3, -0.25) is 0 Å². The summed E-state index contributed by atoms with van der Waals surface area (Å²) in [4.78, 5) is 11.0. The first-order valence-electron chi connectivity index (χ1n) is 3.63. The molecule has 1 heterocycles. The molecular formula is C9H7NOSe. The van der Waals surface area contributed by atoms with Crippen molar-refractivity contribution in [2.24, 2.45) is 0 Å². The van der Waals surface area contributed by atoms with Gasteiger partial charge in [0.05, 0.1) is 0 Å². The van der Waals surface area contributed by atoms with Gasteiger partial charge < -0.3 is 0 Å². The van der Waals surface area contributed by atoms with Crippen molar-refractivity contribution >= 4 is 30.2 Å². The Bertz CT molecular complexity index is 433. The second kappa shape index (κ2) is 2.85. The van der Waals surface area contributed by atoms with Crippen LogP contribution >= 0.6 is 0 Å². The molecule has 0 spiro atoms. The molecule has 12 heavy (non-hydrogen) atoms. The van der Waals surface area contributed by atoms with Crippen LogP contribution < -0.4 is 0 Å². The third-order valence-corrected chi connectivity index (χ3v) is 3.39. The monoisotopic (exact) mass is 225 g/mol.